The second-order valence-electron chi connectivity index (χ2n) is 41.0. The van der Waals surface area contributed by atoms with E-state index in [0.29, 0.717) is 99.6 Å². The van der Waals surface area contributed by atoms with Crippen LogP contribution in [0.3, 0.4) is 0 Å². The number of rotatable bonds is 23. The molecule has 0 aromatic rings. The van der Waals surface area contributed by atoms with Gasteiger partial charge in [0.05, 0.1) is 53.8 Å². The molecule has 21 aliphatic rings. The Morgan fingerprint density at radius 3 is 1.00 bits per heavy atom. The summed E-state index contributed by atoms with van der Waals surface area (Å²) in [7, 11) is 0. The predicted octanol–water partition coefficient (Wildman–Crippen LogP) is 20.5. The third-order valence-corrected chi connectivity index (χ3v) is 34.6. The van der Waals surface area contributed by atoms with Crippen LogP contribution in [-0.4, -0.2) is 93.8 Å². The minimum absolute atomic E-state index is 0. The fourth-order valence-electron chi connectivity index (χ4n) is 30.6. The van der Waals surface area contributed by atoms with E-state index in [1.54, 1.807) is 0 Å². The van der Waals surface area contributed by atoms with Crippen molar-refractivity contribution in [2.24, 2.45) is 187 Å². The molecule has 20 bridgehead atoms. The Labute approximate surface area is 654 Å². The van der Waals surface area contributed by atoms with Crippen molar-refractivity contribution in [1.82, 2.24) is 0 Å². The molecule has 25 unspecified atom stereocenters. The lowest BCUT2D eigenvalue weighted by molar-refractivity contribution is -0.175. The highest BCUT2D eigenvalue weighted by Crippen LogP contribution is 2.73. The zero-order valence-electron chi connectivity index (χ0n) is 63.8. The zero-order chi connectivity index (χ0) is 70.5. The van der Waals surface area contributed by atoms with E-state index in [2.05, 4.69) is 6.92 Å². The molecule has 25 atom stereocenters. The highest BCUT2D eigenvalue weighted by atomic mass is 16.7. The molecule has 616 valence electrons. The summed E-state index contributed by atoms with van der Waals surface area (Å²) in [5.74, 6) is 15.8. The molecule has 0 amide bonds. The quantitative estimate of drug-likeness (QED) is 0.0309. The molecule has 0 saturated heterocycles. The Balaban J connectivity index is 0.000000157. The van der Waals surface area contributed by atoms with Gasteiger partial charge in [-0.2, -0.15) is 0 Å². The van der Waals surface area contributed by atoms with Gasteiger partial charge in [0.1, 0.15) is 18.3 Å². The minimum Gasteiger partial charge on any atom is -0.462 e. The molecule has 21 rings (SSSR count). The van der Waals surface area contributed by atoms with Crippen LogP contribution in [0.2, 0.25) is 0 Å². The number of carbonyl (C=O) groups excluding carboxylic acids is 6. The summed E-state index contributed by atoms with van der Waals surface area (Å²) in [6.45, 7) is 18.0. The van der Waals surface area contributed by atoms with Crippen LogP contribution in [0.1, 0.15) is 305 Å². The third kappa shape index (κ3) is 15.6. The molecular formula is C93H154O15. The summed E-state index contributed by atoms with van der Waals surface area (Å²) < 4.78 is 53.3. The van der Waals surface area contributed by atoms with Gasteiger partial charge in [0.2, 0.25) is 0 Å². The molecule has 0 heterocycles. The molecule has 0 aromatic heterocycles. The Hall–Kier alpha value is -3.30. The molecule has 0 radical (unpaired) electrons. The van der Waals surface area contributed by atoms with E-state index in [1.807, 2.05) is 48.5 Å². The van der Waals surface area contributed by atoms with Crippen molar-refractivity contribution in [1.29, 1.82) is 0 Å². The van der Waals surface area contributed by atoms with Crippen LogP contribution < -0.4 is 0 Å². The normalized spacial score (nSPS) is 44.9. The third-order valence-electron chi connectivity index (χ3n) is 34.6. The lowest BCUT2D eigenvalue weighted by atomic mass is 9.50. The molecule has 0 aromatic carbocycles. The second-order valence-corrected chi connectivity index (χ2v) is 41.0. The Bertz CT molecular complexity index is 3040. The first kappa shape index (κ1) is 85.6. The number of carbonyl (C=O) groups is 6. The van der Waals surface area contributed by atoms with Crippen LogP contribution in [0.25, 0.3) is 0 Å². The van der Waals surface area contributed by atoms with Crippen molar-refractivity contribution < 1.29 is 71.4 Å². The first-order valence-corrected chi connectivity index (χ1v) is 43.0. The van der Waals surface area contributed by atoms with Crippen LogP contribution in [0.5, 0.6) is 0 Å². The molecule has 15 heteroatoms. The SMILES string of the molecule is C.C.C.C.C.C.CCC(C)(C)C(=O)OC1CC2CC1C1C3CC(CC3C(=O)OCOC3CCCCC3)C21.CCC(C)(C)C(=O)OC1CC2CC1C1C3CC(CC3C(=O)OCOCC34CC5CC(CC(C5)C3)C4)C21.CCC(C)C(=O)OC1CC2CC1C1C3CC(CC3C(=O)OCOCC34CC5CC(CC(C5)C3)C4)C21. The predicted molar refractivity (Wildman–Crippen MR) is 420 cm³/mol. The van der Waals surface area contributed by atoms with E-state index in [0.717, 1.165) is 150 Å². The number of ether oxygens (including phenoxy) is 9. The average Bonchev–Trinajstić information content (AvgIpc) is 1.55. The number of esters is 6. The largest absolute Gasteiger partial charge is 0.462 e. The maximum Gasteiger partial charge on any atom is 0.311 e. The summed E-state index contributed by atoms with van der Waals surface area (Å²) in [5, 5.41) is 0. The van der Waals surface area contributed by atoms with Crippen molar-refractivity contribution in [2.45, 2.75) is 330 Å². The number of hydrogen-bond donors (Lipinski definition) is 0. The van der Waals surface area contributed by atoms with Gasteiger partial charge in [-0.15, -0.1) is 0 Å². The molecule has 21 aliphatic carbocycles. The van der Waals surface area contributed by atoms with Crippen LogP contribution in [0, 0.1) is 187 Å². The molecule has 21 fully saturated rings. The highest BCUT2D eigenvalue weighted by molar-refractivity contribution is 5.77. The molecule has 0 aliphatic heterocycles. The average molecular weight is 1510 g/mol. The first-order valence-electron chi connectivity index (χ1n) is 43.0. The summed E-state index contributed by atoms with van der Waals surface area (Å²) in [6, 6.07) is 0. The van der Waals surface area contributed by atoms with Crippen molar-refractivity contribution in [3.05, 3.63) is 0 Å². The topological polar surface area (TPSA) is 185 Å². The molecule has 108 heavy (non-hydrogen) atoms. The zero-order valence-corrected chi connectivity index (χ0v) is 63.8. The molecule has 0 spiro atoms. The highest BCUT2D eigenvalue weighted by Gasteiger charge is 2.70. The van der Waals surface area contributed by atoms with Crippen molar-refractivity contribution in [3.8, 4) is 0 Å². The van der Waals surface area contributed by atoms with Gasteiger partial charge in [-0.1, -0.05) is 91.5 Å². The van der Waals surface area contributed by atoms with Crippen molar-refractivity contribution in [2.75, 3.05) is 33.6 Å². The van der Waals surface area contributed by atoms with Gasteiger partial charge in [-0.05, 0) is 367 Å². The fraction of sp³-hybridized carbons (Fsp3) is 0.935. The van der Waals surface area contributed by atoms with Crippen molar-refractivity contribution >= 4 is 35.8 Å². The van der Waals surface area contributed by atoms with E-state index >= 15 is 0 Å². The Morgan fingerprint density at radius 1 is 0.370 bits per heavy atom. The van der Waals surface area contributed by atoms with Gasteiger partial charge < -0.3 is 42.6 Å². The van der Waals surface area contributed by atoms with E-state index in [4.69, 9.17) is 42.6 Å². The number of hydrogen-bond acceptors (Lipinski definition) is 15. The second kappa shape index (κ2) is 33.5. The van der Waals surface area contributed by atoms with Gasteiger partial charge in [0, 0.05) is 0 Å². The van der Waals surface area contributed by atoms with Gasteiger partial charge in [0.25, 0.3) is 0 Å². The summed E-state index contributed by atoms with van der Waals surface area (Å²) in [6.07, 6.45) is 38.5. The van der Waals surface area contributed by atoms with Gasteiger partial charge >= 0.3 is 35.8 Å². The van der Waals surface area contributed by atoms with E-state index in [1.165, 1.54) is 122 Å². The maximum absolute atomic E-state index is 13.2. The van der Waals surface area contributed by atoms with Gasteiger partial charge in [0.15, 0.2) is 20.4 Å². The van der Waals surface area contributed by atoms with Crippen LogP contribution in [0.4, 0.5) is 0 Å². The molecule has 0 N–H and O–H groups in total. The van der Waals surface area contributed by atoms with Gasteiger partial charge in [-0.3, -0.25) is 28.8 Å². The maximum atomic E-state index is 13.2. The standard InChI is InChI=1S/C31H46O5.C30H44O5.C26H40O5.6CH4/c1-4-30(2,3)29(33)36-25-11-21-10-24(25)27-22-8-20(26(21)27)9-23(22)28(32)35-16-34-15-31-12-17-5-18(13-31)7-19(6-17)14-31;1-3-16(2)28(31)35-25-10-21-9-24(25)27-22-7-20(26(21)27)8-23(22)29(32)34-15-33-14-30-11-17-4-18(12-30)6-19(5-17)13-30;1-4-26(2,3)25(28)31-21-13-16-12-20(21)23-18-10-15(22(16)23)11-19(18)24(27)30-14-29-17-8-6-5-7-9-17;;;;;;/h17-27H,4-16H2,1-3H3;16-27H,3-15H2,1-2H3;15-23H,4-14H2,1-3H3;6*1H4. The monoisotopic (exact) mass is 1510 g/mol. The van der Waals surface area contributed by atoms with E-state index in [-0.39, 0.29) is 149 Å². The molecule has 21 saturated carbocycles. The van der Waals surface area contributed by atoms with Crippen LogP contribution >= 0.6 is 0 Å². The fourth-order valence-corrected chi connectivity index (χ4v) is 30.6. The van der Waals surface area contributed by atoms with Crippen LogP contribution in [0.15, 0.2) is 0 Å². The lowest BCUT2D eigenvalue weighted by Crippen LogP contribution is -2.48. The minimum atomic E-state index is -0.418. The lowest BCUT2D eigenvalue weighted by Gasteiger charge is -2.56. The van der Waals surface area contributed by atoms with E-state index < -0.39 is 10.8 Å². The van der Waals surface area contributed by atoms with E-state index in [9.17, 15) is 28.8 Å². The first-order chi connectivity index (χ1) is 49.1. The smallest absolute Gasteiger partial charge is 0.311 e. The summed E-state index contributed by atoms with van der Waals surface area (Å²) in [4.78, 5) is 77.2. The molecular weight excluding hydrogens is 1360 g/mol. The van der Waals surface area contributed by atoms with Gasteiger partial charge in [-0.25, -0.2) is 0 Å². The van der Waals surface area contributed by atoms with Crippen LogP contribution in [-0.2, 0) is 71.4 Å². The summed E-state index contributed by atoms with van der Waals surface area (Å²) >= 11 is 0. The Kier molecular flexibility index (Phi) is 26.5. The molecule has 15 nitrogen and oxygen atoms in total. The number of fused-ring (bicyclic) bond motifs is 27. The van der Waals surface area contributed by atoms with Crippen molar-refractivity contribution in [3.63, 3.8) is 0 Å². The summed E-state index contributed by atoms with van der Waals surface area (Å²) in [5.41, 5.74) is -0.104. The Morgan fingerprint density at radius 2 is 0.676 bits per heavy atom.